The van der Waals surface area contributed by atoms with Gasteiger partial charge in [-0.25, -0.2) is 4.98 Å². The molecular formula is C15H18ClN3. The summed E-state index contributed by atoms with van der Waals surface area (Å²) in [6.07, 6.45) is 1.79. The van der Waals surface area contributed by atoms with Crippen LogP contribution in [0.2, 0.25) is 5.02 Å². The number of pyridine rings is 1. The van der Waals surface area contributed by atoms with Gasteiger partial charge in [0.15, 0.2) is 5.82 Å². The Balaban J connectivity index is 2.12. The Kier molecular flexibility index (Phi) is 4.27. The van der Waals surface area contributed by atoms with Crippen LogP contribution in [0.5, 0.6) is 0 Å². The third kappa shape index (κ3) is 3.38. The Morgan fingerprint density at radius 2 is 2.05 bits per heavy atom. The molecule has 1 aromatic carbocycles. The summed E-state index contributed by atoms with van der Waals surface area (Å²) in [5.74, 6) is 0.931. The fraction of sp³-hybridized carbons (Fsp3) is 0.267. The van der Waals surface area contributed by atoms with E-state index in [2.05, 4.69) is 16.4 Å². The molecule has 3 nitrogen and oxygen atoms in total. The maximum atomic E-state index is 6.13. The van der Waals surface area contributed by atoms with Crippen molar-refractivity contribution in [2.45, 2.75) is 13.5 Å². The molecule has 2 rings (SSSR count). The van der Waals surface area contributed by atoms with Gasteiger partial charge in [0.25, 0.3) is 0 Å². The molecule has 0 aliphatic heterocycles. The van der Waals surface area contributed by atoms with E-state index in [9.17, 15) is 0 Å². The van der Waals surface area contributed by atoms with Crippen molar-refractivity contribution in [3.05, 3.63) is 52.7 Å². The number of benzene rings is 1. The molecule has 2 aromatic rings. The zero-order chi connectivity index (χ0) is 13.8. The maximum absolute atomic E-state index is 6.13. The second kappa shape index (κ2) is 5.93. The molecule has 1 N–H and O–H groups in total. The summed E-state index contributed by atoms with van der Waals surface area (Å²) in [6.45, 7) is 2.73. The molecule has 100 valence electrons. The van der Waals surface area contributed by atoms with E-state index in [1.54, 1.807) is 6.20 Å². The lowest BCUT2D eigenvalue weighted by atomic mass is 10.1. The number of halogens is 1. The largest absolute Gasteiger partial charge is 0.378 e. The summed E-state index contributed by atoms with van der Waals surface area (Å²) >= 11 is 6.13. The van der Waals surface area contributed by atoms with Crippen molar-refractivity contribution in [2.75, 3.05) is 24.3 Å². The van der Waals surface area contributed by atoms with Crippen molar-refractivity contribution in [3.63, 3.8) is 0 Å². The summed E-state index contributed by atoms with van der Waals surface area (Å²) in [4.78, 5) is 6.35. The van der Waals surface area contributed by atoms with Crippen molar-refractivity contribution in [1.29, 1.82) is 0 Å². The molecule has 0 saturated heterocycles. The first kappa shape index (κ1) is 13.7. The quantitative estimate of drug-likeness (QED) is 0.922. The highest BCUT2D eigenvalue weighted by Gasteiger charge is 2.05. The summed E-state index contributed by atoms with van der Waals surface area (Å²) < 4.78 is 0. The average Bonchev–Trinajstić information content (AvgIpc) is 2.40. The van der Waals surface area contributed by atoms with Crippen molar-refractivity contribution < 1.29 is 0 Å². The van der Waals surface area contributed by atoms with Crippen molar-refractivity contribution in [2.24, 2.45) is 0 Å². The van der Waals surface area contributed by atoms with Gasteiger partial charge in [0.1, 0.15) is 0 Å². The Morgan fingerprint density at radius 1 is 1.26 bits per heavy atom. The molecule has 0 bridgehead atoms. The van der Waals surface area contributed by atoms with E-state index in [1.165, 1.54) is 0 Å². The molecule has 0 unspecified atom stereocenters. The van der Waals surface area contributed by atoms with Crippen LogP contribution in [0.25, 0.3) is 0 Å². The molecule has 0 spiro atoms. The molecule has 0 amide bonds. The molecule has 0 radical (unpaired) electrons. The minimum absolute atomic E-state index is 0.729. The Morgan fingerprint density at radius 3 is 2.74 bits per heavy atom. The summed E-state index contributed by atoms with van der Waals surface area (Å²) in [6, 6.07) is 10.1. The second-order valence-corrected chi connectivity index (χ2v) is 5.11. The topological polar surface area (TPSA) is 28.2 Å². The van der Waals surface area contributed by atoms with Crippen LogP contribution in [0.3, 0.4) is 0 Å². The fourth-order valence-corrected chi connectivity index (χ4v) is 2.04. The first-order valence-corrected chi connectivity index (χ1v) is 6.57. The van der Waals surface area contributed by atoms with E-state index in [4.69, 9.17) is 11.6 Å². The smallest absolute Gasteiger partial charge is 0.151 e. The minimum Gasteiger partial charge on any atom is -0.378 e. The Bertz CT molecular complexity index is 567. The van der Waals surface area contributed by atoms with Gasteiger partial charge >= 0.3 is 0 Å². The van der Waals surface area contributed by atoms with Crippen molar-refractivity contribution in [3.8, 4) is 0 Å². The number of rotatable bonds is 4. The van der Waals surface area contributed by atoms with Crippen LogP contribution in [0.15, 0.2) is 36.5 Å². The lowest BCUT2D eigenvalue weighted by molar-refractivity contribution is 1.05. The number of hydrogen-bond acceptors (Lipinski definition) is 3. The first-order chi connectivity index (χ1) is 9.08. The van der Waals surface area contributed by atoms with Crippen LogP contribution in [0, 0.1) is 6.92 Å². The van der Waals surface area contributed by atoms with Gasteiger partial charge in [-0.15, -0.1) is 0 Å². The van der Waals surface area contributed by atoms with Crippen LogP contribution >= 0.6 is 11.6 Å². The van der Waals surface area contributed by atoms with E-state index in [0.29, 0.717) is 0 Å². The number of aryl methyl sites for hydroxylation is 1. The third-order valence-electron chi connectivity index (χ3n) is 2.93. The molecule has 0 fully saturated rings. The number of nitrogens with one attached hydrogen (secondary N) is 1. The van der Waals surface area contributed by atoms with Gasteiger partial charge in [-0.05, 0) is 36.2 Å². The number of hydrogen-bond donors (Lipinski definition) is 1. The predicted octanol–water partition coefficient (Wildman–Crippen LogP) is 3.72. The maximum Gasteiger partial charge on any atom is 0.151 e. The highest BCUT2D eigenvalue weighted by molar-refractivity contribution is 6.31. The predicted molar refractivity (Wildman–Crippen MR) is 82.1 cm³/mol. The summed E-state index contributed by atoms with van der Waals surface area (Å²) in [5, 5.41) is 4.20. The molecule has 0 atom stereocenters. The fourth-order valence-electron chi connectivity index (χ4n) is 1.83. The Hall–Kier alpha value is -1.74. The number of anilines is 2. The molecule has 4 heteroatoms. The minimum atomic E-state index is 0.729. The average molecular weight is 276 g/mol. The normalized spacial score (nSPS) is 10.3. The van der Waals surface area contributed by atoms with Crippen LogP contribution in [-0.2, 0) is 6.54 Å². The van der Waals surface area contributed by atoms with Crippen LogP contribution in [0.1, 0.15) is 11.1 Å². The molecule has 1 heterocycles. The van der Waals surface area contributed by atoms with Crippen molar-refractivity contribution in [1.82, 2.24) is 4.98 Å². The third-order valence-corrected chi connectivity index (χ3v) is 3.34. The summed E-state index contributed by atoms with van der Waals surface area (Å²) in [5.41, 5.74) is 3.27. The number of aromatic nitrogens is 1. The lowest BCUT2D eigenvalue weighted by Gasteiger charge is -2.17. The van der Waals surface area contributed by atoms with Gasteiger partial charge in [0, 0.05) is 31.9 Å². The van der Waals surface area contributed by atoms with Gasteiger partial charge in [0.2, 0.25) is 0 Å². The zero-order valence-electron chi connectivity index (χ0n) is 11.4. The van der Waals surface area contributed by atoms with E-state index in [-0.39, 0.29) is 0 Å². The van der Waals surface area contributed by atoms with Gasteiger partial charge in [-0.3, -0.25) is 0 Å². The van der Waals surface area contributed by atoms with Gasteiger partial charge in [-0.1, -0.05) is 23.7 Å². The molecule has 0 saturated carbocycles. The van der Waals surface area contributed by atoms with E-state index >= 15 is 0 Å². The Labute approximate surface area is 119 Å². The first-order valence-electron chi connectivity index (χ1n) is 6.19. The second-order valence-electron chi connectivity index (χ2n) is 4.71. The van der Waals surface area contributed by atoms with Crippen LogP contribution < -0.4 is 10.2 Å². The van der Waals surface area contributed by atoms with Crippen LogP contribution in [0.4, 0.5) is 11.5 Å². The SMILES string of the molecule is Cc1ccc(CNc2cccnc2N(C)C)cc1Cl. The van der Waals surface area contributed by atoms with E-state index in [0.717, 1.165) is 34.2 Å². The molecule has 0 aliphatic carbocycles. The van der Waals surface area contributed by atoms with Gasteiger partial charge in [-0.2, -0.15) is 0 Å². The number of nitrogens with zero attached hydrogens (tertiary/aromatic N) is 2. The molecule has 0 aliphatic rings. The summed E-state index contributed by atoms with van der Waals surface area (Å²) in [7, 11) is 3.96. The standard InChI is InChI=1S/C15H18ClN3/c1-11-6-7-12(9-13(11)16)10-18-14-5-4-8-17-15(14)19(2)3/h4-9,18H,10H2,1-3H3. The molecule has 19 heavy (non-hydrogen) atoms. The van der Waals surface area contributed by atoms with Crippen LogP contribution in [-0.4, -0.2) is 19.1 Å². The highest BCUT2D eigenvalue weighted by Crippen LogP contribution is 2.22. The highest BCUT2D eigenvalue weighted by atomic mass is 35.5. The van der Waals surface area contributed by atoms with E-state index in [1.807, 2.05) is 50.2 Å². The monoisotopic (exact) mass is 275 g/mol. The molecule has 1 aromatic heterocycles. The van der Waals surface area contributed by atoms with Crippen molar-refractivity contribution >= 4 is 23.1 Å². The van der Waals surface area contributed by atoms with Gasteiger partial charge < -0.3 is 10.2 Å². The molecular weight excluding hydrogens is 258 g/mol. The zero-order valence-corrected chi connectivity index (χ0v) is 12.2. The van der Waals surface area contributed by atoms with E-state index < -0.39 is 0 Å². The van der Waals surface area contributed by atoms with Gasteiger partial charge in [0.05, 0.1) is 5.69 Å². The lowest BCUT2D eigenvalue weighted by Crippen LogP contribution is -2.13.